The van der Waals surface area contributed by atoms with E-state index in [1.807, 2.05) is 12.1 Å². The number of hydrogen-bond acceptors (Lipinski definition) is 3. The number of aryl methyl sites for hydroxylation is 1. The molecule has 1 N–H and O–H groups in total. The molecule has 0 aliphatic rings. The molecular weight excluding hydrogens is 310 g/mol. The predicted octanol–water partition coefficient (Wildman–Crippen LogP) is 5.16. The molecule has 2 rings (SSSR count). The van der Waals surface area contributed by atoms with Crippen molar-refractivity contribution in [1.29, 1.82) is 0 Å². The van der Waals surface area contributed by atoms with Crippen molar-refractivity contribution in [2.45, 2.75) is 26.3 Å². The number of benzene rings is 2. The molecule has 3 nitrogen and oxygen atoms in total. The van der Waals surface area contributed by atoms with Gasteiger partial charge in [-0.15, -0.1) is 6.58 Å². The van der Waals surface area contributed by atoms with Gasteiger partial charge in [0.1, 0.15) is 6.61 Å². The fourth-order valence-electron chi connectivity index (χ4n) is 2.65. The maximum absolute atomic E-state index is 5.79. The highest BCUT2D eigenvalue weighted by Gasteiger charge is 2.12. The summed E-state index contributed by atoms with van der Waals surface area (Å²) in [6, 6.07) is 12.7. The first-order chi connectivity index (χ1) is 12.2. The summed E-state index contributed by atoms with van der Waals surface area (Å²) in [7, 11) is 1.66. The lowest BCUT2D eigenvalue weighted by atomic mass is 10.1. The zero-order valence-corrected chi connectivity index (χ0v) is 15.2. The molecule has 0 bridgehead atoms. The summed E-state index contributed by atoms with van der Waals surface area (Å²) in [5.41, 5.74) is 4.64. The molecule has 0 fully saturated rings. The Morgan fingerprint density at radius 1 is 1.04 bits per heavy atom. The second-order valence-corrected chi connectivity index (χ2v) is 5.78. The van der Waals surface area contributed by atoms with E-state index in [9.17, 15) is 0 Å². The van der Waals surface area contributed by atoms with Crippen molar-refractivity contribution in [1.82, 2.24) is 0 Å². The standard InChI is InChI=1S/C22H27NO2/c1-5-8-19-14-18(15-21(24-4)22(19)25-13-6-2)16-23-20-11-9-17(7-3)10-12-20/h5-6,9-12,14-15,23H,1-2,7-8,13,16H2,3-4H3. The van der Waals surface area contributed by atoms with Gasteiger partial charge < -0.3 is 14.8 Å². The molecule has 0 aliphatic heterocycles. The second kappa shape index (κ2) is 9.58. The highest BCUT2D eigenvalue weighted by Crippen LogP contribution is 2.34. The van der Waals surface area contributed by atoms with Gasteiger partial charge >= 0.3 is 0 Å². The van der Waals surface area contributed by atoms with E-state index in [1.54, 1.807) is 13.2 Å². The molecule has 2 aromatic carbocycles. The number of methoxy groups -OCH3 is 1. The molecule has 2 aromatic rings. The Morgan fingerprint density at radius 3 is 2.40 bits per heavy atom. The van der Waals surface area contributed by atoms with Crippen LogP contribution in [-0.2, 0) is 19.4 Å². The zero-order valence-electron chi connectivity index (χ0n) is 15.2. The fourth-order valence-corrected chi connectivity index (χ4v) is 2.65. The number of anilines is 1. The summed E-state index contributed by atoms with van der Waals surface area (Å²) in [6.07, 6.45) is 5.37. The van der Waals surface area contributed by atoms with E-state index >= 15 is 0 Å². The Hall–Kier alpha value is -2.68. The molecule has 0 saturated heterocycles. The number of ether oxygens (including phenoxy) is 2. The van der Waals surface area contributed by atoms with E-state index < -0.39 is 0 Å². The molecule has 0 heterocycles. The molecule has 0 unspecified atom stereocenters. The van der Waals surface area contributed by atoms with Crippen molar-refractivity contribution in [3.63, 3.8) is 0 Å². The number of rotatable bonds is 10. The van der Waals surface area contributed by atoms with E-state index in [-0.39, 0.29) is 0 Å². The minimum Gasteiger partial charge on any atom is -0.493 e. The van der Waals surface area contributed by atoms with Crippen LogP contribution in [0.25, 0.3) is 0 Å². The highest BCUT2D eigenvalue weighted by atomic mass is 16.5. The normalized spacial score (nSPS) is 10.2. The van der Waals surface area contributed by atoms with Gasteiger partial charge in [-0.05, 0) is 48.2 Å². The third kappa shape index (κ3) is 5.15. The summed E-state index contributed by atoms with van der Waals surface area (Å²) in [5.74, 6) is 1.50. The molecular formula is C22H27NO2. The van der Waals surface area contributed by atoms with Crippen molar-refractivity contribution < 1.29 is 9.47 Å². The maximum atomic E-state index is 5.79. The lowest BCUT2D eigenvalue weighted by molar-refractivity contribution is 0.323. The van der Waals surface area contributed by atoms with Crippen LogP contribution in [0.1, 0.15) is 23.6 Å². The summed E-state index contributed by atoms with van der Waals surface area (Å²) in [4.78, 5) is 0. The van der Waals surface area contributed by atoms with Crippen LogP contribution in [0, 0.1) is 0 Å². The van der Waals surface area contributed by atoms with Crippen LogP contribution in [-0.4, -0.2) is 13.7 Å². The van der Waals surface area contributed by atoms with Crippen LogP contribution in [0.3, 0.4) is 0 Å². The largest absolute Gasteiger partial charge is 0.493 e. The van der Waals surface area contributed by atoms with Crippen molar-refractivity contribution in [3.8, 4) is 11.5 Å². The SMILES string of the molecule is C=CCOc1c(CC=C)cc(CNc2ccc(CC)cc2)cc1OC. The second-order valence-electron chi connectivity index (χ2n) is 5.78. The van der Waals surface area contributed by atoms with E-state index in [4.69, 9.17) is 9.47 Å². The van der Waals surface area contributed by atoms with Crippen LogP contribution in [0.15, 0.2) is 61.7 Å². The zero-order chi connectivity index (χ0) is 18.1. The van der Waals surface area contributed by atoms with Crippen LogP contribution in [0.2, 0.25) is 0 Å². The lowest BCUT2D eigenvalue weighted by Crippen LogP contribution is -2.04. The average Bonchev–Trinajstić information content (AvgIpc) is 2.65. The Bertz CT molecular complexity index is 705. The Morgan fingerprint density at radius 2 is 1.80 bits per heavy atom. The molecule has 0 spiro atoms. The smallest absolute Gasteiger partial charge is 0.165 e. The van der Waals surface area contributed by atoms with Gasteiger partial charge in [-0.2, -0.15) is 0 Å². The quantitative estimate of drug-likeness (QED) is 0.607. The number of allylic oxidation sites excluding steroid dienone is 1. The van der Waals surface area contributed by atoms with E-state index in [1.165, 1.54) is 5.56 Å². The maximum Gasteiger partial charge on any atom is 0.165 e. The summed E-state index contributed by atoms with van der Waals surface area (Å²) in [6.45, 7) is 10.9. The molecule has 0 atom stereocenters. The van der Waals surface area contributed by atoms with Gasteiger partial charge in [0.25, 0.3) is 0 Å². The topological polar surface area (TPSA) is 30.5 Å². The molecule has 0 radical (unpaired) electrons. The summed E-state index contributed by atoms with van der Waals surface area (Å²) in [5, 5.41) is 3.46. The molecule has 25 heavy (non-hydrogen) atoms. The molecule has 0 saturated carbocycles. The van der Waals surface area contributed by atoms with Crippen molar-refractivity contribution in [3.05, 3.63) is 78.4 Å². The lowest BCUT2D eigenvalue weighted by Gasteiger charge is -2.16. The van der Waals surface area contributed by atoms with Gasteiger partial charge in [-0.3, -0.25) is 0 Å². The summed E-state index contributed by atoms with van der Waals surface area (Å²) >= 11 is 0. The van der Waals surface area contributed by atoms with Gasteiger partial charge in [0.2, 0.25) is 0 Å². The average molecular weight is 337 g/mol. The van der Waals surface area contributed by atoms with Crippen LogP contribution >= 0.6 is 0 Å². The molecule has 132 valence electrons. The monoisotopic (exact) mass is 337 g/mol. The first kappa shape index (κ1) is 18.7. The predicted molar refractivity (Wildman–Crippen MR) is 106 cm³/mol. The highest BCUT2D eigenvalue weighted by molar-refractivity contribution is 5.52. The van der Waals surface area contributed by atoms with Crippen molar-refractivity contribution in [2.75, 3.05) is 19.0 Å². The summed E-state index contributed by atoms with van der Waals surface area (Å²) < 4.78 is 11.3. The third-order valence-corrected chi connectivity index (χ3v) is 3.98. The molecule has 3 heteroatoms. The Balaban J connectivity index is 2.19. The Kier molecular flexibility index (Phi) is 7.15. The minimum absolute atomic E-state index is 0.446. The van der Waals surface area contributed by atoms with Gasteiger partial charge in [0, 0.05) is 17.8 Å². The first-order valence-electron chi connectivity index (χ1n) is 8.59. The van der Waals surface area contributed by atoms with Gasteiger partial charge in [-0.1, -0.05) is 37.8 Å². The van der Waals surface area contributed by atoms with Gasteiger partial charge in [0.15, 0.2) is 11.5 Å². The number of hydrogen-bond donors (Lipinski definition) is 1. The molecule has 0 aliphatic carbocycles. The Labute approximate surface area is 151 Å². The molecule has 0 amide bonds. The van der Waals surface area contributed by atoms with Crippen LogP contribution in [0.5, 0.6) is 11.5 Å². The fraction of sp³-hybridized carbons (Fsp3) is 0.273. The molecule has 0 aromatic heterocycles. The van der Waals surface area contributed by atoms with E-state index in [0.717, 1.165) is 41.2 Å². The third-order valence-electron chi connectivity index (χ3n) is 3.98. The van der Waals surface area contributed by atoms with Crippen LogP contribution in [0.4, 0.5) is 5.69 Å². The van der Waals surface area contributed by atoms with Crippen LogP contribution < -0.4 is 14.8 Å². The van der Waals surface area contributed by atoms with E-state index in [0.29, 0.717) is 13.2 Å². The number of nitrogens with one attached hydrogen (secondary N) is 1. The van der Waals surface area contributed by atoms with Crippen molar-refractivity contribution >= 4 is 5.69 Å². The van der Waals surface area contributed by atoms with Gasteiger partial charge in [-0.25, -0.2) is 0 Å². The first-order valence-corrected chi connectivity index (χ1v) is 8.59. The van der Waals surface area contributed by atoms with E-state index in [2.05, 4.69) is 55.7 Å². The van der Waals surface area contributed by atoms with Gasteiger partial charge in [0.05, 0.1) is 7.11 Å². The minimum atomic E-state index is 0.446. The van der Waals surface area contributed by atoms with Crippen molar-refractivity contribution in [2.24, 2.45) is 0 Å².